The van der Waals surface area contributed by atoms with E-state index in [0.717, 1.165) is 48.1 Å². The van der Waals surface area contributed by atoms with Gasteiger partial charge < -0.3 is 0 Å². The van der Waals surface area contributed by atoms with Crippen molar-refractivity contribution in [3.05, 3.63) is 52.7 Å². The van der Waals surface area contributed by atoms with E-state index in [1.807, 2.05) is 24.3 Å². The smallest absolute Gasteiger partial charge is 0.150 e. The van der Waals surface area contributed by atoms with Gasteiger partial charge in [0.25, 0.3) is 0 Å². The van der Waals surface area contributed by atoms with E-state index in [0.29, 0.717) is 5.02 Å². The zero-order valence-electron chi connectivity index (χ0n) is 14.2. The van der Waals surface area contributed by atoms with Crippen LogP contribution >= 0.6 is 11.6 Å². The van der Waals surface area contributed by atoms with E-state index in [9.17, 15) is 9.59 Å². The summed E-state index contributed by atoms with van der Waals surface area (Å²) >= 11 is 5.93. The summed E-state index contributed by atoms with van der Waals surface area (Å²) in [6.07, 6.45) is 4.91. The van der Waals surface area contributed by atoms with Crippen LogP contribution in [0.15, 0.2) is 36.5 Å². The monoisotopic (exact) mass is 353 g/mol. The van der Waals surface area contributed by atoms with Crippen LogP contribution in [0.25, 0.3) is 11.3 Å². The Morgan fingerprint density at radius 3 is 2.40 bits per heavy atom. The van der Waals surface area contributed by atoms with Crippen molar-refractivity contribution in [2.45, 2.75) is 38.5 Å². The molecule has 2 saturated carbocycles. The van der Waals surface area contributed by atoms with Gasteiger partial charge in [-0.15, -0.1) is 0 Å². The molecular weight excluding hydrogens is 334 g/mol. The Morgan fingerprint density at radius 2 is 1.80 bits per heavy atom. The molecule has 4 heteroatoms. The maximum absolute atomic E-state index is 12.9. The molecule has 3 atom stereocenters. The van der Waals surface area contributed by atoms with E-state index in [4.69, 9.17) is 11.6 Å². The molecule has 0 saturated heterocycles. The third kappa shape index (κ3) is 2.81. The quantitative estimate of drug-likeness (QED) is 0.756. The van der Waals surface area contributed by atoms with Crippen LogP contribution in [-0.2, 0) is 16.0 Å². The lowest BCUT2D eigenvalue weighted by molar-refractivity contribution is -0.135. The van der Waals surface area contributed by atoms with Crippen LogP contribution in [-0.4, -0.2) is 16.6 Å². The van der Waals surface area contributed by atoms with Gasteiger partial charge in [-0.05, 0) is 55.0 Å². The van der Waals surface area contributed by atoms with Gasteiger partial charge in [-0.1, -0.05) is 30.7 Å². The lowest BCUT2D eigenvalue weighted by Gasteiger charge is -2.27. The second-order valence-electron chi connectivity index (χ2n) is 7.07. The average molecular weight is 354 g/mol. The van der Waals surface area contributed by atoms with Crippen molar-refractivity contribution in [2.75, 3.05) is 0 Å². The maximum atomic E-state index is 12.9. The van der Waals surface area contributed by atoms with Gasteiger partial charge in [0.1, 0.15) is 5.92 Å². The van der Waals surface area contributed by atoms with E-state index in [1.165, 1.54) is 0 Å². The van der Waals surface area contributed by atoms with Gasteiger partial charge in [0, 0.05) is 23.6 Å². The second-order valence-corrected chi connectivity index (χ2v) is 7.51. The number of aromatic nitrogens is 1. The van der Waals surface area contributed by atoms with Crippen LogP contribution in [0.1, 0.15) is 43.2 Å². The van der Waals surface area contributed by atoms with Crippen LogP contribution in [0.4, 0.5) is 0 Å². The third-order valence-electron chi connectivity index (χ3n) is 5.67. The number of hydrogen-bond donors (Lipinski definition) is 0. The Balaban J connectivity index is 1.80. The topological polar surface area (TPSA) is 47.0 Å². The van der Waals surface area contributed by atoms with Crippen LogP contribution in [0.3, 0.4) is 0 Å². The van der Waals surface area contributed by atoms with Crippen molar-refractivity contribution in [1.82, 2.24) is 4.98 Å². The minimum absolute atomic E-state index is 0.0646. The highest BCUT2D eigenvalue weighted by atomic mass is 35.5. The van der Waals surface area contributed by atoms with Crippen LogP contribution in [0, 0.1) is 11.8 Å². The van der Waals surface area contributed by atoms with Crippen molar-refractivity contribution in [2.24, 2.45) is 11.8 Å². The first kappa shape index (κ1) is 16.5. The summed E-state index contributed by atoms with van der Waals surface area (Å²) in [6, 6.07) is 9.68. The molecule has 0 N–H and O–H groups in total. The lowest BCUT2D eigenvalue weighted by atomic mass is 9.73. The fourth-order valence-electron chi connectivity index (χ4n) is 4.31. The number of halogens is 1. The van der Waals surface area contributed by atoms with Gasteiger partial charge in [-0.2, -0.15) is 0 Å². The predicted octanol–water partition coefficient (Wildman–Crippen LogP) is 4.62. The van der Waals surface area contributed by atoms with Crippen molar-refractivity contribution >= 4 is 23.2 Å². The number of nitrogens with zero attached hydrogens (tertiary/aromatic N) is 1. The molecule has 1 heterocycles. The number of rotatable bonds is 3. The van der Waals surface area contributed by atoms with Crippen molar-refractivity contribution < 1.29 is 9.59 Å². The number of benzene rings is 1. The van der Waals surface area contributed by atoms with Crippen LogP contribution < -0.4 is 0 Å². The molecule has 1 unspecified atom stereocenters. The summed E-state index contributed by atoms with van der Waals surface area (Å²) in [5, 5.41) is 0.586. The number of carbonyl (C=O) groups excluding carboxylic acids is 2. The molecule has 25 heavy (non-hydrogen) atoms. The summed E-state index contributed by atoms with van der Waals surface area (Å²) in [6.45, 7) is 2.06. The predicted molar refractivity (Wildman–Crippen MR) is 97.6 cm³/mol. The van der Waals surface area contributed by atoms with E-state index in [1.54, 1.807) is 12.3 Å². The molecular formula is C21H20ClNO2. The van der Waals surface area contributed by atoms with Gasteiger partial charge >= 0.3 is 0 Å². The molecule has 2 aromatic rings. The Kier molecular flexibility index (Phi) is 4.20. The van der Waals surface area contributed by atoms with E-state index >= 15 is 0 Å². The van der Waals surface area contributed by atoms with E-state index in [2.05, 4.69) is 11.9 Å². The van der Waals surface area contributed by atoms with Gasteiger partial charge in [-0.25, -0.2) is 0 Å². The number of hydrogen-bond acceptors (Lipinski definition) is 3. The van der Waals surface area contributed by atoms with E-state index < -0.39 is 5.92 Å². The largest absolute Gasteiger partial charge is 0.298 e. The minimum Gasteiger partial charge on any atom is -0.298 e. The molecule has 0 radical (unpaired) electrons. The van der Waals surface area contributed by atoms with Crippen LogP contribution in [0.2, 0.25) is 5.02 Å². The number of aryl methyl sites for hydroxylation is 1. The molecule has 0 aliphatic heterocycles. The highest BCUT2D eigenvalue weighted by Crippen LogP contribution is 2.45. The minimum atomic E-state index is -0.589. The fourth-order valence-corrected chi connectivity index (χ4v) is 4.42. The molecule has 1 aromatic heterocycles. The zero-order chi connectivity index (χ0) is 17.6. The summed E-state index contributed by atoms with van der Waals surface area (Å²) in [5.41, 5.74) is 3.67. The summed E-state index contributed by atoms with van der Waals surface area (Å²) < 4.78 is 0. The molecule has 2 bridgehead atoms. The highest BCUT2D eigenvalue weighted by Gasteiger charge is 2.47. The summed E-state index contributed by atoms with van der Waals surface area (Å²) in [5.74, 6) is -0.220. The Morgan fingerprint density at radius 1 is 1.08 bits per heavy atom. The van der Waals surface area contributed by atoms with Gasteiger partial charge in [0.05, 0.1) is 10.7 Å². The molecule has 3 nitrogen and oxygen atoms in total. The van der Waals surface area contributed by atoms with Gasteiger partial charge in [0.2, 0.25) is 0 Å². The van der Waals surface area contributed by atoms with E-state index in [-0.39, 0.29) is 23.4 Å². The van der Waals surface area contributed by atoms with Crippen LogP contribution in [0.5, 0.6) is 0 Å². The van der Waals surface area contributed by atoms with Crippen molar-refractivity contribution in [1.29, 1.82) is 0 Å². The second kappa shape index (κ2) is 6.38. The number of ketones is 2. The average Bonchev–Trinajstić information content (AvgIpc) is 3.08. The maximum Gasteiger partial charge on any atom is 0.150 e. The molecule has 2 aliphatic carbocycles. The van der Waals surface area contributed by atoms with Crippen molar-refractivity contribution in [3.8, 4) is 11.3 Å². The number of pyridine rings is 1. The highest BCUT2D eigenvalue weighted by molar-refractivity contribution is 6.30. The zero-order valence-corrected chi connectivity index (χ0v) is 14.9. The first-order valence-electron chi connectivity index (χ1n) is 8.90. The number of fused-ring (bicyclic) bond motifs is 2. The molecule has 4 rings (SSSR count). The normalized spacial score (nSPS) is 25.4. The Labute approximate surface area is 152 Å². The summed E-state index contributed by atoms with van der Waals surface area (Å²) in [4.78, 5) is 30.2. The first-order valence-corrected chi connectivity index (χ1v) is 9.28. The fraction of sp³-hybridized carbons (Fsp3) is 0.381. The SMILES string of the molecule is CCc1ccc(-c2ccc(Cl)cn2)cc1C1C(=O)[C@@H]2CC[C@@H](C2)C1=O. The number of Topliss-reactive ketones (excluding diaryl/α,β-unsaturated/α-hetero) is 2. The molecule has 0 spiro atoms. The Bertz CT molecular complexity index is 821. The Hall–Kier alpha value is -2.00. The molecule has 0 amide bonds. The van der Waals surface area contributed by atoms with Gasteiger partial charge in [0.15, 0.2) is 11.6 Å². The lowest BCUT2D eigenvalue weighted by Crippen LogP contribution is -2.35. The van der Waals surface area contributed by atoms with Gasteiger partial charge in [-0.3, -0.25) is 14.6 Å². The molecule has 128 valence electrons. The standard InChI is InChI=1S/C21H20ClNO2/c1-2-12-3-4-13(18-8-7-16(22)11-23-18)10-17(12)19-20(24)14-5-6-15(9-14)21(19)25/h3-4,7-8,10-11,14-15,19H,2,5-6,9H2,1H3/t14-,15+,19?. The molecule has 1 aromatic carbocycles. The number of carbonyl (C=O) groups is 2. The summed E-state index contributed by atoms with van der Waals surface area (Å²) in [7, 11) is 0. The first-order chi connectivity index (χ1) is 12.1. The molecule has 2 aliphatic rings. The van der Waals surface area contributed by atoms with Crippen molar-refractivity contribution in [3.63, 3.8) is 0 Å². The molecule has 2 fully saturated rings. The third-order valence-corrected chi connectivity index (χ3v) is 5.89.